The number of hydrogen-bond acceptors (Lipinski definition) is 6. The van der Waals surface area contributed by atoms with Gasteiger partial charge in [0.25, 0.3) is 0 Å². The number of aryl methyl sites for hydroxylation is 8. The van der Waals surface area contributed by atoms with Gasteiger partial charge in [0.05, 0.1) is 11.4 Å². The summed E-state index contributed by atoms with van der Waals surface area (Å²) in [7, 11) is 0. The lowest BCUT2D eigenvalue weighted by molar-refractivity contribution is 0.941. The molecule has 200 valence electrons. The summed E-state index contributed by atoms with van der Waals surface area (Å²) in [5.41, 5.74) is 7.64. The topological polar surface area (TPSA) is 77.3 Å². The van der Waals surface area contributed by atoms with Crippen LogP contribution in [0.15, 0.2) is 61.2 Å². The molecule has 0 saturated carbocycles. The number of aromatic nitrogens is 6. The lowest BCUT2D eigenvalue weighted by Crippen LogP contribution is -1.86. The van der Waals surface area contributed by atoms with Gasteiger partial charge in [0.1, 0.15) is 5.82 Å². The maximum atomic E-state index is 4.08. The third-order valence-electron chi connectivity index (χ3n) is 3.96. The van der Waals surface area contributed by atoms with Gasteiger partial charge in [-0.25, -0.2) is 9.97 Å². The van der Waals surface area contributed by atoms with Gasteiger partial charge >= 0.3 is 0 Å². The van der Waals surface area contributed by atoms with Crippen LogP contribution in [-0.2, 0) is 0 Å². The Bertz CT molecular complexity index is 753. The van der Waals surface area contributed by atoms with E-state index in [2.05, 4.69) is 42.3 Å². The Morgan fingerprint density at radius 1 is 0.361 bits per heavy atom. The highest BCUT2D eigenvalue weighted by molar-refractivity contribution is 5.11. The number of rotatable bonds is 0. The quantitative estimate of drug-likeness (QED) is 0.245. The van der Waals surface area contributed by atoms with Crippen molar-refractivity contribution >= 4 is 0 Å². The van der Waals surface area contributed by atoms with Crippen molar-refractivity contribution in [2.75, 3.05) is 0 Å². The standard InChI is InChI=1S/2C7H9N.2C6H8N2.4CH4/c2*1-6-3-4-7(2)8-5-6;1-5-3-7-6(2)8-4-5;1-5-3-4-6(2)8-7-5;;;;/h2*3-5H,1-2H3;2*3-4H,1-2H3;4*1H4. The first kappa shape index (κ1) is 39.7. The zero-order valence-corrected chi connectivity index (χ0v) is 20.5. The maximum absolute atomic E-state index is 4.08. The Morgan fingerprint density at radius 2 is 0.667 bits per heavy atom. The molecule has 0 saturated heterocycles. The van der Waals surface area contributed by atoms with Crippen LogP contribution in [0, 0.1) is 55.4 Å². The zero-order chi connectivity index (χ0) is 23.9. The van der Waals surface area contributed by atoms with Gasteiger partial charge in [0.2, 0.25) is 0 Å². The molecule has 0 aliphatic carbocycles. The summed E-state index contributed by atoms with van der Waals surface area (Å²) in [6.45, 7) is 15.7. The third-order valence-corrected chi connectivity index (χ3v) is 3.96. The average Bonchev–Trinajstić information content (AvgIpc) is 2.78. The Balaban J connectivity index is -0.000000183. The van der Waals surface area contributed by atoms with E-state index in [1.807, 2.05) is 104 Å². The number of pyridine rings is 2. The van der Waals surface area contributed by atoms with Gasteiger partial charge in [-0.3, -0.25) is 9.97 Å². The second-order valence-electron chi connectivity index (χ2n) is 7.58. The fraction of sp³-hybridized carbons (Fsp3) is 0.400. The number of nitrogens with zero attached hydrogens (tertiary/aromatic N) is 6. The van der Waals surface area contributed by atoms with Crippen LogP contribution in [0.25, 0.3) is 0 Å². The van der Waals surface area contributed by atoms with Crippen LogP contribution in [0.4, 0.5) is 0 Å². The second kappa shape index (κ2) is 22.0. The highest BCUT2D eigenvalue weighted by Gasteiger charge is 1.84. The molecular formula is C30H50N6. The molecule has 6 heteroatoms. The van der Waals surface area contributed by atoms with Gasteiger partial charge in [-0.05, 0) is 96.3 Å². The van der Waals surface area contributed by atoms with Crippen LogP contribution < -0.4 is 0 Å². The minimum absolute atomic E-state index is 0. The molecule has 0 aliphatic rings. The van der Waals surface area contributed by atoms with E-state index >= 15 is 0 Å². The third kappa shape index (κ3) is 19.9. The highest BCUT2D eigenvalue weighted by Crippen LogP contribution is 1.95. The van der Waals surface area contributed by atoms with Crippen molar-refractivity contribution in [3.05, 3.63) is 106 Å². The van der Waals surface area contributed by atoms with E-state index in [1.165, 1.54) is 11.1 Å². The van der Waals surface area contributed by atoms with Crippen LogP contribution in [0.2, 0.25) is 0 Å². The molecule has 0 aliphatic heterocycles. The minimum atomic E-state index is 0. The molecule has 4 heterocycles. The summed E-state index contributed by atoms with van der Waals surface area (Å²) in [6, 6.07) is 12.0. The molecule has 0 spiro atoms. The molecule has 0 aromatic carbocycles. The summed E-state index contributed by atoms with van der Waals surface area (Å²) < 4.78 is 0. The van der Waals surface area contributed by atoms with Crippen LogP contribution in [0.1, 0.15) is 75.0 Å². The second-order valence-corrected chi connectivity index (χ2v) is 7.58. The first-order valence-electron chi connectivity index (χ1n) is 10.5. The summed E-state index contributed by atoms with van der Waals surface area (Å²) in [5, 5.41) is 7.66. The predicted octanol–water partition coefficient (Wildman–Crippen LogP) is 8.13. The molecule has 0 N–H and O–H groups in total. The van der Waals surface area contributed by atoms with Gasteiger partial charge in [-0.2, -0.15) is 10.2 Å². The summed E-state index contributed by atoms with van der Waals surface area (Å²) in [5.74, 6) is 0.829. The zero-order valence-electron chi connectivity index (χ0n) is 20.5. The molecular weight excluding hydrogens is 444 g/mol. The van der Waals surface area contributed by atoms with Crippen LogP contribution in [0.3, 0.4) is 0 Å². The average molecular weight is 495 g/mol. The lowest BCUT2D eigenvalue weighted by Gasteiger charge is -1.89. The number of hydrogen-bond donors (Lipinski definition) is 0. The van der Waals surface area contributed by atoms with Crippen molar-refractivity contribution in [2.45, 2.75) is 85.1 Å². The van der Waals surface area contributed by atoms with Gasteiger partial charge in [-0.1, -0.05) is 41.8 Å². The van der Waals surface area contributed by atoms with Crippen LogP contribution in [0.5, 0.6) is 0 Å². The SMILES string of the molecule is C.C.C.C.Cc1ccc(C)nc1.Cc1ccc(C)nc1.Cc1ccc(C)nn1.Cc1cnc(C)nc1. The summed E-state index contributed by atoms with van der Waals surface area (Å²) in [4.78, 5) is 16.1. The Labute approximate surface area is 221 Å². The molecule has 0 bridgehead atoms. The van der Waals surface area contributed by atoms with Gasteiger partial charge < -0.3 is 0 Å². The molecule has 4 aromatic rings. The fourth-order valence-corrected chi connectivity index (χ4v) is 2.01. The molecule has 0 radical (unpaired) electrons. The van der Waals surface area contributed by atoms with E-state index in [4.69, 9.17) is 0 Å². The first-order valence-corrected chi connectivity index (χ1v) is 10.5. The fourth-order valence-electron chi connectivity index (χ4n) is 2.01. The lowest BCUT2D eigenvalue weighted by atomic mass is 10.3. The van der Waals surface area contributed by atoms with Crippen molar-refractivity contribution in [1.29, 1.82) is 0 Å². The molecule has 0 amide bonds. The highest BCUT2D eigenvalue weighted by atomic mass is 15.1. The van der Waals surface area contributed by atoms with Crippen molar-refractivity contribution in [1.82, 2.24) is 30.1 Å². The van der Waals surface area contributed by atoms with E-state index in [0.29, 0.717) is 0 Å². The van der Waals surface area contributed by atoms with Gasteiger partial charge in [0.15, 0.2) is 0 Å². The van der Waals surface area contributed by atoms with E-state index in [1.54, 1.807) is 0 Å². The van der Waals surface area contributed by atoms with Crippen molar-refractivity contribution in [2.24, 2.45) is 0 Å². The molecule has 4 aromatic heterocycles. The molecule has 4 rings (SSSR count). The van der Waals surface area contributed by atoms with Crippen LogP contribution >= 0.6 is 0 Å². The molecule has 36 heavy (non-hydrogen) atoms. The van der Waals surface area contributed by atoms with E-state index in [-0.39, 0.29) is 29.7 Å². The summed E-state index contributed by atoms with van der Waals surface area (Å²) in [6.07, 6.45) is 7.36. The molecule has 0 atom stereocenters. The Hall–Kier alpha value is -3.54. The summed E-state index contributed by atoms with van der Waals surface area (Å²) >= 11 is 0. The molecule has 0 fully saturated rings. The molecule has 0 unspecified atom stereocenters. The largest absolute Gasteiger partial charge is 0.261 e. The van der Waals surface area contributed by atoms with E-state index in [0.717, 1.165) is 34.2 Å². The first-order chi connectivity index (χ1) is 15.2. The molecule has 6 nitrogen and oxygen atoms in total. The van der Waals surface area contributed by atoms with Crippen molar-refractivity contribution in [3.63, 3.8) is 0 Å². The maximum Gasteiger partial charge on any atom is 0.125 e. The van der Waals surface area contributed by atoms with Gasteiger partial charge in [-0.15, -0.1) is 0 Å². The van der Waals surface area contributed by atoms with Crippen LogP contribution in [-0.4, -0.2) is 30.1 Å². The smallest absolute Gasteiger partial charge is 0.125 e. The normalized spacial score (nSPS) is 8.22. The van der Waals surface area contributed by atoms with Crippen molar-refractivity contribution < 1.29 is 0 Å². The Kier molecular flexibility index (Phi) is 24.2. The monoisotopic (exact) mass is 494 g/mol. The predicted molar refractivity (Wildman–Crippen MR) is 157 cm³/mol. The Morgan fingerprint density at radius 3 is 0.889 bits per heavy atom. The van der Waals surface area contributed by atoms with Gasteiger partial charge in [0, 0.05) is 36.2 Å². The minimum Gasteiger partial charge on any atom is -0.261 e. The van der Waals surface area contributed by atoms with E-state index < -0.39 is 0 Å². The van der Waals surface area contributed by atoms with E-state index in [9.17, 15) is 0 Å². The van der Waals surface area contributed by atoms with Crippen molar-refractivity contribution in [3.8, 4) is 0 Å².